The summed E-state index contributed by atoms with van der Waals surface area (Å²) in [6.45, 7) is 3.72. The summed E-state index contributed by atoms with van der Waals surface area (Å²) in [4.78, 5) is 11.8. The summed E-state index contributed by atoms with van der Waals surface area (Å²) in [5.41, 5.74) is 0.271. The number of phenols is 1. The van der Waals surface area contributed by atoms with Gasteiger partial charge in [-0.15, -0.1) is 6.58 Å². The lowest BCUT2D eigenvalue weighted by Gasteiger charge is -2.12. The molecule has 0 aromatic heterocycles. The SMILES string of the molecule is C=CCNC(=O)/C(Cc1cc(Br)c(OC)c(Br)c1O)=N\O. The number of halogens is 2. The van der Waals surface area contributed by atoms with Gasteiger partial charge in [-0.05, 0) is 37.9 Å². The van der Waals surface area contributed by atoms with Crippen molar-refractivity contribution < 1.29 is 19.8 Å². The minimum Gasteiger partial charge on any atom is -0.506 e. The van der Waals surface area contributed by atoms with Gasteiger partial charge in [-0.25, -0.2) is 0 Å². The van der Waals surface area contributed by atoms with E-state index in [-0.39, 0.29) is 24.4 Å². The number of carbonyl (C=O) groups excluding carboxylic acids is 1. The van der Waals surface area contributed by atoms with Gasteiger partial charge in [0.05, 0.1) is 11.6 Å². The molecule has 3 N–H and O–H groups in total. The van der Waals surface area contributed by atoms with Crippen molar-refractivity contribution >= 4 is 43.5 Å². The molecule has 114 valence electrons. The lowest BCUT2D eigenvalue weighted by molar-refractivity contribution is -0.114. The third kappa shape index (κ3) is 4.21. The molecule has 0 saturated carbocycles. The van der Waals surface area contributed by atoms with Crippen LogP contribution in [0.5, 0.6) is 11.5 Å². The van der Waals surface area contributed by atoms with Crippen molar-refractivity contribution in [1.82, 2.24) is 5.32 Å². The van der Waals surface area contributed by atoms with Gasteiger partial charge in [0, 0.05) is 18.5 Å². The highest BCUT2D eigenvalue weighted by Gasteiger charge is 2.19. The third-order valence-corrected chi connectivity index (χ3v) is 3.91. The molecule has 0 saturated heterocycles. The number of carbonyl (C=O) groups is 1. The van der Waals surface area contributed by atoms with Crippen molar-refractivity contribution in [2.75, 3.05) is 13.7 Å². The average molecular weight is 422 g/mol. The Kier molecular flexibility index (Phi) is 6.70. The van der Waals surface area contributed by atoms with Crippen LogP contribution in [0.3, 0.4) is 0 Å². The number of methoxy groups -OCH3 is 1. The van der Waals surface area contributed by atoms with Crippen LogP contribution in [0.2, 0.25) is 0 Å². The molecule has 0 aliphatic heterocycles. The maximum Gasteiger partial charge on any atom is 0.269 e. The standard InChI is InChI=1S/C13H14Br2N2O4/c1-3-4-16-13(19)9(17-20)6-7-5-8(14)12(21-2)10(15)11(7)18/h3,5,18,20H,1,4,6H2,2H3,(H,16,19)/b17-9-. The van der Waals surface area contributed by atoms with Crippen LogP contribution in [0.25, 0.3) is 0 Å². The normalized spacial score (nSPS) is 11.1. The number of ether oxygens (including phenoxy) is 1. The largest absolute Gasteiger partial charge is 0.506 e. The Hall–Kier alpha value is -1.54. The van der Waals surface area contributed by atoms with Crippen LogP contribution in [0.15, 0.2) is 32.8 Å². The van der Waals surface area contributed by atoms with E-state index in [1.165, 1.54) is 13.2 Å². The predicted molar refractivity (Wildman–Crippen MR) is 86.2 cm³/mol. The summed E-state index contributed by atoms with van der Waals surface area (Å²) in [5.74, 6) is -0.206. The Morgan fingerprint density at radius 1 is 1.57 bits per heavy atom. The molecule has 0 aliphatic rings. The molecule has 0 heterocycles. The molecule has 1 aromatic carbocycles. The fraction of sp³-hybridized carbons (Fsp3) is 0.231. The van der Waals surface area contributed by atoms with Crippen LogP contribution in [0, 0.1) is 0 Å². The highest BCUT2D eigenvalue weighted by atomic mass is 79.9. The first-order valence-corrected chi connectivity index (χ1v) is 7.38. The molecule has 0 radical (unpaired) electrons. The van der Waals surface area contributed by atoms with Gasteiger partial charge in [0.25, 0.3) is 5.91 Å². The molecule has 0 aliphatic carbocycles. The minimum absolute atomic E-state index is 0.0491. The molecule has 1 rings (SSSR count). The number of phenolic OH excluding ortho intramolecular Hbond substituents is 1. The number of aromatic hydroxyl groups is 1. The molecule has 0 atom stereocenters. The second-order valence-electron chi connectivity index (χ2n) is 3.94. The number of amides is 1. The third-order valence-electron chi connectivity index (χ3n) is 2.58. The maximum atomic E-state index is 11.8. The summed E-state index contributed by atoms with van der Waals surface area (Å²) < 4.78 is 6.06. The van der Waals surface area contributed by atoms with Crippen molar-refractivity contribution in [2.45, 2.75) is 6.42 Å². The predicted octanol–water partition coefficient (Wildman–Crippen LogP) is 2.60. The highest BCUT2D eigenvalue weighted by molar-refractivity contribution is 9.11. The summed E-state index contributed by atoms with van der Waals surface area (Å²) in [6.07, 6.45) is 1.46. The van der Waals surface area contributed by atoms with Gasteiger partial charge in [-0.3, -0.25) is 4.79 Å². The van der Waals surface area contributed by atoms with E-state index in [1.54, 1.807) is 6.07 Å². The first-order chi connectivity index (χ1) is 9.96. The van der Waals surface area contributed by atoms with E-state index in [4.69, 9.17) is 9.94 Å². The molecule has 0 unspecified atom stereocenters. The lowest BCUT2D eigenvalue weighted by Crippen LogP contribution is -2.32. The Labute approximate surface area is 138 Å². The molecule has 1 amide bonds. The zero-order valence-electron chi connectivity index (χ0n) is 11.2. The molecule has 1 aromatic rings. The van der Waals surface area contributed by atoms with E-state index in [9.17, 15) is 9.90 Å². The van der Waals surface area contributed by atoms with Gasteiger partial charge < -0.3 is 20.4 Å². The summed E-state index contributed by atoms with van der Waals surface area (Å²) >= 11 is 6.51. The smallest absolute Gasteiger partial charge is 0.269 e. The lowest BCUT2D eigenvalue weighted by atomic mass is 10.1. The van der Waals surface area contributed by atoms with Gasteiger partial charge in [-0.1, -0.05) is 11.2 Å². The van der Waals surface area contributed by atoms with Gasteiger partial charge in [0.15, 0.2) is 5.75 Å². The van der Waals surface area contributed by atoms with Gasteiger partial charge in [0.1, 0.15) is 15.9 Å². The quantitative estimate of drug-likeness (QED) is 0.285. The van der Waals surface area contributed by atoms with E-state index in [2.05, 4.69) is 48.9 Å². The molecule has 8 heteroatoms. The number of oxime groups is 1. The summed E-state index contributed by atoms with van der Waals surface area (Å²) in [7, 11) is 1.47. The van der Waals surface area contributed by atoms with E-state index in [0.717, 1.165) is 0 Å². The Balaban J connectivity index is 3.07. The number of rotatable bonds is 6. The Morgan fingerprint density at radius 3 is 2.76 bits per heavy atom. The average Bonchev–Trinajstić information content (AvgIpc) is 2.47. The highest BCUT2D eigenvalue weighted by Crippen LogP contribution is 2.42. The van der Waals surface area contributed by atoms with Crippen LogP contribution in [-0.2, 0) is 11.2 Å². The van der Waals surface area contributed by atoms with Gasteiger partial charge in [0.2, 0.25) is 0 Å². The first kappa shape index (κ1) is 17.5. The number of nitrogens with one attached hydrogen (secondary N) is 1. The second kappa shape index (κ2) is 8.04. The fourth-order valence-electron chi connectivity index (χ4n) is 1.57. The van der Waals surface area contributed by atoms with Crippen LogP contribution in [0.4, 0.5) is 0 Å². The molecular weight excluding hydrogens is 408 g/mol. The van der Waals surface area contributed by atoms with E-state index in [0.29, 0.717) is 20.3 Å². The van der Waals surface area contributed by atoms with Crippen LogP contribution < -0.4 is 10.1 Å². The molecule has 0 fully saturated rings. The van der Waals surface area contributed by atoms with Crippen molar-refractivity contribution in [1.29, 1.82) is 0 Å². The van der Waals surface area contributed by atoms with Crippen LogP contribution >= 0.6 is 31.9 Å². The van der Waals surface area contributed by atoms with Gasteiger partial charge >= 0.3 is 0 Å². The topological polar surface area (TPSA) is 91.2 Å². The number of benzene rings is 1. The number of hydrogen-bond acceptors (Lipinski definition) is 5. The molecule has 6 nitrogen and oxygen atoms in total. The van der Waals surface area contributed by atoms with Gasteiger partial charge in [-0.2, -0.15) is 0 Å². The monoisotopic (exact) mass is 420 g/mol. The minimum atomic E-state index is -0.542. The zero-order valence-corrected chi connectivity index (χ0v) is 14.4. The van der Waals surface area contributed by atoms with Crippen molar-refractivity contribution in [3.05, 3.63) is 33.2 Å². The number of nitrogens with zero attached hydrogens (tertiary/aromatic N) is 1. The van der Waals surface area contributed by atoms with Crippen molar-refractivity contribution in [2.24, 2.45) is 5.16 Å². The number of hydrogen-bond donors (Lipinski definition) is 3. The Morgan fingerprint density at radius 2 is 2.24 bits per heavy atom. The maximum absolute atomic E-state index is 11.8. The van der Waals surface area contributed by atoms with Crippen LogP contribution in [-0.4, -0.2) is 35.6 Å². The summed E-state index contributed by atoms with van der Waals surface area (Å²) in [6, 6.07) is 1.59. The molecule has 0 spiro atoms. The van der Waals surface area contributed by atoms with Crippen LogP contribution in [0.1, 0.15) is 5.56 Å². The van der Waals surface area contributed by atoms with Crippen molar-refractivity contribution in [3.8, 4) is 11.5 Å². The summed E-state index contributed by atoms with van der Waals surface area (Å²) in [5, 5.41) is 24.5. The Bertz CT molecular complexity index is 588. The first-order valence-electron chi connectivity index (χ1n) is 5.80. The van der Waals surface area contributed by atoms with Crippen molar-refractivity contribution in [3.63, 3.8) is 0 Å². The van der Waals surface area contributed by atoms with E-state index < -0.39 is 5.91 Å². The molecule has 21 heavy (non-hydrogen) atoms. The fourth-order valence-corrected chi connectivity index (χ4v) is 3.10. The molecule has 0 bridgehead atoms. The van der Waals surface area contributed by atoms with E-state index >= 15 is 0 Å². The second-order valence-corrected chi connectivity index (χ2v) is 5.58. The zero-order chi connectivity index (χ0) is 16.0. The molecular formula is C13H14Br2N2O4. The van der Waals surface area contributed by atoms with E-state index in [1.807, 2.05) is 0 Å².